The second-order valence-electron chi connectivity index (χ2n) is 7.44. The quantitative estimate of drug-likeness (QED) is 0.693. The van der Waals surface area contributed by atoms with Gasteiger partial charge in [-0.15, -0.1) is 0 Å². The number of hydrogen-bond donors (Lipinski definition) is 0. The molecule has 0 aromatic heterocycles. The molecule has 5 nitrogen and oxygen atoms in total. The van der Waals surface area contributed by atoms with Crippen LogP contribution in [0.15, 0.2) is 0 Å². The fourth-order valence-corrected chi connectivity index (χ4v) is 2.81. The van der Waals surface area contributed by atoms with Crippen LogP contribution in [0.1, 0.15) is 54.4 Å². The maximum Gasteiger partial charge on any atom is 0.509 e. The first-order valence-corrected chi connectivity index (χ1v) is 7.23. The van der Waals surface area contributed by atoms with E-state index in [0.717, 1.165) is 6.42 Å². The van der Waals surface area contributed by atoms with E-state index < -0.39 is 17.4 Å². The molecule has 2 saturated heterocycles. The van der Waals surface area contributed by atoms with Crippen LogP contribution in [-0.4, -0.2) is 41.8 Å². The van der Waals surface area contributed by atoms with Gasteiger partial charge in [0.25, 0.3) is 0 Å². The maximum absolute atomic E-state index is 11.4. The Labute approximate surface area is 120 Å². The minimum atomic E-state index is -0.636. The molecule has 20 heavy (non-hydrogen) atoms. The second kappa shape index (κ2) is 4.88. The Morgan fingerprint density at radius 1 is 1.25 bits per heavy atom. The second-order valence-corrected chi connectivity index (χ2v) is 7.44. The molecule has 0 aromatic rings. The fraction of sp³-hybridized carbons (Fsp3) is 0.933. The molecule has 0 aromatic carbocycles. The molecular formula is C15H26O5. The normalized spacial score (nSPS) is 37.4. The van der Waals surface area contributed by atoms with Crippen molar-refractivity contribution >= 4 is 6.16 Å². The van der Waals surface area contributed by atoms with Gasteiger partial charge in [-0.25, -0.2) is 4.79 Å². The van der Waals surface area contributed by atoms with Crippen LogP contribution in [0, 0.1) is 0 Å². The van der Waals surface area contributed by atoms with Gasteiger partial charge in [-0.1, -0.05) is 0 Å². The van der Waals surface area contributed by atoms with Crippen LogP contribution in [0.5, 0.6) is 0 Å². The van der Waals surface area contributed by atoms with E-state index in [-0.39, 0.29) is 24.4 Å². The topological polar surface area (TPSA) is 54.0 Å². The zero-order valence-electron chi connectivity index (χ0n) is 13.3. The molecule has 2 aliphatic heterocycles. The minimum Gasteiger partial charge on any atom is -0.431 e. The van der Waals surface area contributed by atoms with Crippen molar-refractivity contribution in [3.63, 3.8) is 0 Å². The van der Waals surface area contributed by atoms with Crippen LogP contribution in [0.4, 0.5) is 4.79 Å². The lowest BCUT2D eigenvalue weighted by molar-refractivity contribution is -0.224. The van der Waals surface area contributed by atoms with Crippen LogP contribution in [-0.2, 0) is 18.9 Å². The number of carbonyl (C=O) groups excluding carboxylic acids is 1. The summed E-state index contributed by atoms with van der Waals surface area (Å²) >= 11 is 0. The lowest BCUT2D eigenvalue weighted by atomic mass is 9.90. The molecule has 0 spiro atoms. The van der Waals surface area contributed by atoms with Crippen molar-refractivity contribution in [1.82, 2.24) is 0 Å². The van der Waals surface area contributed by atoms with Crippen LogP contribution in [0.2, 0.25) is 0 Å². The van der Waals surface area contributed by atoms with Crippen LogP contribution < -0.4 is 0 Å². The molecule has 0 amide bonds. The third kappa shape index (κ3) is 3.26. The first-order valence-electron chi connectivity index (χ1n) is 7.23. The van der Waals surface area contributed by atoms with E-state index in [4.69, 9.17) is 18.9 Å². The van der Waals surface area contributed by atoms with E-state index in [9.17, 15) is 4.79 Å². The highest BCUT2D eigenvalue weighted by atomic mass is 16.8. The molecule has 2 heterocycles. The first kappa shape index (κ1) is 15.6. The third-order valence-electron chi connectivity index (χ3n) is 3.97. The van der Waals surface area contributed by atoms with Crippen molar-refractivity contribution in [1.29, 1.82) is 0 Å². The largest absolute Gasteiger partial charge is 0.509 e. The molecular weight excluding hydrogens is 260 g/mol. The third-order valence-corrected chi connectivity index (χ3v) is 3.97. The number of hydrogen-bond acceptors (Lipinski definition) is 5. The molecule has 3 atom stereocenters. The molecule has 0 radical (unpaired) electrons. The van der Waals surface area contributed by atoms with E-state index in [0.29, 0.717) is 6.42 Å². The average Bonchev–Trinajstić information content (AvgIpc) is 2.34. The Kier molecular flexibility index (Phi) is 3.80. The van der Waals surface area contributed by atoms with E-state index in [1.807, 2.05) is 41.5 Å². The van der Waals surface area contributed by atoms with Crippen LogP contribution >= 0.6 is 0 Å². The van der Waals surface area contributed by atoms with Gasteiger partial charge in [0, 0.05) is 0 Å². The van der Waals surface area contributed by atoms with Gasteiger partial charge in [0.2, 0.25) is 0 Å². The summed E-state index contributed by atoms with van der Waals surface area (Å²) in [5.41, 5.74) is -1.33. The summed E-state index contributed by atoms with van der Waals surface area (Å²) < 4.78 is 22.7. The van der Waals surface area contributed by atoms with Crippen molar-refractivity contribution in [2.24, 2.45) is 0 Å². The lowest BCUT2D eigenvalue weighted by Gasteiger charge is -2.41. The summed E-state index contributed by atoms with van der Waals surface area (Å²) in [6.45, 7) is 12.3. The molecule has 5 heteroatoms. The van der Waals surface area contributed by atoms with Crippen molar-refractivity contribution in [2.45, 2.75) is 83.4 Å². The number of carbonyl (C=O) groups is 1. The van der Waals surface area contributed by atoms with Gasteiger partial charge < -0.3 is 18.9 Å². The average molecular weight is 286 g/mol. The number of ether oxygens (including phenoxy) is 4. The van der Waals surface area contributed by atoms with Gasteiger partial charge in [0.1, 0.15) is 18.3 Å². The zero-order valence-corrected chi connectivity index (χ0v) is 13.3. The Balaban J connectivity index is 2.19. The maximum atomic E-state index is 11.4. The van der Waals surface area contributed by atoms with E-state index in [1.165, 1.54) is 0 Å². The summed E-state index contributed by atoms with van der Waals surface area (Å²) in [6.07, 6.45) is 0.564. The fourth-order valence-electron chi connectivity index (χ4n) is 2.81. The molecule has 2 aliphatic rings. The summed E-state index contributed by atoms with van der Waals surface area (Å²) in [7, 11) is 0. The lowest BCUT2D eigenvalue weighted by Crippen LogP contribution is -2.54. The molecule has 0 aliphatic carbocycles. The summed E-state index contributed by atoms with van der Waals surface area (Å²) in [6, 6.07) is 0. The molecule has 0 N–H and O–H groups in total. The highest BCUT2D eigenvalue weighted by Gasteiger charge is 2.51. The Morgan fingerprint density at radius 3 is 2.50 bits per heavy atom. The van der Waals surface area contributed by atoms with Gasteiger partial charge in [-0.3, -0.25) is 0 Å². The molecule has 116 valence electrons. The van der Waals surface area contributed by atoms with Gasteiger partial charge in [-0.05, 0) is 54.4 Å². The SMILES string of the molecule is CC(C)(C)O[C@@H]1CC[C@]2(C)OC(=O)OC[C@H]2OC1(C)C. The minimum absolute atomic E-state index is 0.0522. The van der Waals surface area contributed by atoms with Crippen molar-refractivity contribution in [3.05, 3.63) is 0 Å². The zero-order chi connectivity index (χ0) is 15.2. The van der Waals surface area contributed by atoms with Crippen LogP contribution in [0.25, 0.3) is 0 Å². The van der Waals surface area contributed by atoms with Crippen LogP contribution in [0.3, 0.4) is 0 Å². The molecule has 0 unspecified atom stereocenters. The summed E-state index contributed by atoms with van der Waals surface area (Å²) in [5.74, 6) is 0. The standard InChI is InChI=1S/C15H26O5/c1-13(2,3)18-10-7-8-15(6)11(19-14(10,4)5)9-17-12(16)20-15/h10-11H,7-9H2,1-6H3/t10-,11-,15+/m1/s1. The van der Waals surface area contributed by atoms with Gasteiger partial charge >= 0.3 is 6.16 Å². The Bertz CT molecular complexity index is 384. The summed E-state index contributed by atoms with van der Waals surface area (Å²) in [5, 5.41) is 0. The Morgan fingerprint density at radius 2 is 1.90 bits per heavy atom. The van der Waals surface area contributed by atoms with Crippen molar-refractivity contribution in [3.8, 4) is 0 Å². The van der Waals surface area contributed by atoms with E-state index in [2.05, 4.69) is 0 Å². The van der Waals surface area contributed by atoms with Gasteiger partial charge in [-0.2, -0.15) is 0 Å². The molecule has 0 saturated carbocycles. The number of fused-ring (bicyclic) bond motifs is 1. The van der Waals surface area contributed by atoms with Gasteiger partial charge in [0.15, 0.2) is 0 Å². The highest BCUT2D eigenvalue weighted by Crippen LogP contribution is 2.40. The van der Waals surface area contributed by atoms with Gasteiger partial charge in [0.05, 0.1) is 17.3 Å². The first-order chi connectivity index (χ1) is 9.02. The smallest absolute Gasteiger partial charge is 0.431 e. The predicted octanol–water partition coefficient (Wildman–Crippen LogP) is 3.05. The predicted molar refractivity (Wildman–Crippen MR) is 73.7 cm³/mol. The molecule has 0 bridgehead atoms. The molecule has 2 rings (SSSR count). The number of rotatable bonds is 1. The molecule has 2 fully saturated rings. The van der Waals surface area contributed by atoms with E-state index >= 15 is 0 Å². The summed E-state index contributed by atoms with van der Waals surface area (Å²) in [4.78, 5) is 11.4. The Hall–Kier alpha value is -0.810. The number of cyclic esters (lactones) is 1. The van der Waals surface area contributed by atoms with Crippen molar-refractivity contribution in [2.75, 3.05) is 6.61 Å². The monoisotopic (exact) mass is 286 g/mol. The highest BCUT2D eigenvalue weighted by molar-refractivity contribution is 5.61. The van der Waals surface area contributed by atoms with Crippen molar-refractivity contribution < 1.29 is 23.7 Å². The van der Waals surface area contributed by atoms with E-state index in [1.54, 1.807) is 0 Å².